The van der Waals surface area contributed by atoms with E-state index in [1.807, 2.05) is 6.92 Å². The predicted molar refractivity (Wildman–Crippen MR) is 55.0 cm³/mol. The van der Waals surface area contributed by atoms with Crippen LogP contribution in [0, 0.1) is 6.92 Å². The van der Waals surface area contributed by atoms with E-state index in [0.717, 1.165) is 5.56 Å². The van der Waals surface area contributed by atoms with E-state index in [9.17, 15) is 4.79 Å². The van der Waals surface area contributed by atoms with Gasteiger partial charge in [-0.15, -0.1) is 0 Å². The lowest BCUT2D eigenvalue weighted by Crippen LogP contribution is -2.26. The van der Waals surface area contributed by atoms with Gasteiger partial charge >= 0.3 is 0 Å². The van der Waals surface area contributed by atoms with Gasteiger partial charge in [0, 0.05) is 17.8 Å². The lowest BCUT2D eigenvalue weighted by Gasteiger charge is -2.05. The molecule has 0 spiro atoms. The second-order valence-electron chi connectivity index (χ2n) is 3.05. The van der Waals surface area contributed by atoms with Crippen LogP contribution in [0.3, 0.4) is 0 Å². The zero-order chi connectivity index (χ0) is 10.6. The van der Waals surface area contributed by atoms with Crippen molar-refractivity contribution >= 4 is 11.6 Å². The van der Waals surface area contributed by atoms with Crippen LogP contribution in [-0.2, 0) is 0 Å². The molecule has 0 radical (unpaired) electrons. The Balaban J connectivity index is 2.76. The summed E-state index contributed by atoms with van der Waals surface area (Å²) in [4.78, 5) is 11.4. The Morgan fingerprint density at radius 2 is 2.29 bits per heavy atom. The van der Waals surface area contributed by atoms with Crippen molar-refractivity contribution in [1.82, 2.24) is 5.32 Å². The first-order chi connectivity index (χ1) is 6.65. The number of carbonyl (C=O) groups excluding carboxylic acids is 1. The zero-order valence-electron chi connectivity index (χ0n) is 8.08. The first kappa shape index (κ1) is 10.5. The molecule has 1 aromatic carbocycles. The predicted octanol–water partition coefficient (Wildman–Crippen LogP) is 0.299. The summed E-state index contributed by atoms with van der Waals surface area (Å²) in [6.45, 7) is 2.06. The number of amides is 1. The highest BCUT2D eigenvalue weighted by Gasteiger charge is 2.05. The maximum Gasteiger partial charge on any atom is 0.251 e. The molecule has 1 aromatic rings. The highest BCUT2D eigenvalue weighted by Crippen LogP contribution is 2.12. The monoisotopic (exact) mass is 194 g/mol. The Labute approximate surface area is 82.7 Å². The highest BCUT2D eigenvalue weighted by molar-refractivity contribution is 5.94. The van der Waals surface area contributed by atoms with Crippen LogP contribution in [-0.4, -0.2) is 24.2 Å². The topological polar surface area (TPSA) is 75.3 Å². The minimum absolute atomic E-state index is 0.0559. The summed E-state index contributed by atoms with van der Waals surface area (Å²) >= 11 is 0. The molecule has 4 N–H and O–H groups in total. The third-order valence-electron chi connectivity index (χ3n) is 1.93. The molecule has 0 saturated heterocycles. The van der Waals surface area contributed by atoms with Crippen LogP contribution >= 0.6 is 0 Å². The lowest BCUT2D eigenvalue weighted by atomic mass is 10.1. The largest absolute Gasteiger partial charge is 0.399 e. The maximum atomic E-state index is 11.4. The molecule has 0 aromatic heterocycles. The third kappa shape index (κ3) is 2.47. The second-order valence-corrected chi connectivity index (χ2v) is 3.05. The molecule has 0 unspecified atom stereocenters. The Kier molecular flexibility index (Phi) is 3.48. The molecule has 0 bridgehead atoms. The van der Waals surface area contributed by atoms with E-state index in [2.05, 4.69) is 5.32 Å². The molecule has 76 valence electrons. The highest BCUT2D eigenvalue weighted by atomic mass is 16.3. The molecule has 4 heteroatoms. The lowest BCUT2D eigenvalue weighted by molar-refractivity contribution is 0.0944. The number of aryl methyl sites for hydroxylation is 1. The van der Waals surface area contributed by atoms with Gasteiger partial charge in [-0.2, -0.15) is 0 Å². The number of nitrogens with one attached hydrogen (secondary N) is 1. The molecule has 4 nitrogen and oxygen atoms in total. The van der Waals surface area contributed by atoms with Crippen LogP contribution in [0.5, 0.6) is 0 Å². The molecule has 14 heavy (non-hydrogen) atoms. The molecule has 0 fully saturated rings. The Morgan fingerprint density at radius 1 is 1.57 bits per heavy atom. The number of hydrogen-bond donors (Lipinski definition) is 3. The average Bonchev–Trinajstić information content (AvgIpc) is 2.18. The van der Waals surface area contributed by atoms with Crippen LogP contribution in [0.25, 0.3) is 0 Å². The number of nitrogen functional groups attached to an aromatic ring is 1. The summed E-state index contributed by atoms with van der Waals surface area (Å²) in [5.41, 5.74) is 7.72. The van der Waals surface area contributed by atoms with E-state index in [1.165, 1.54) is 0 Å². The first-order valence-corrected chi connectivity index (χ1v) is 4.40. The molecule has 0 heterocycles. The zero-order valence-corrected chi connectivity index (χ0v) is 8.08. The summed E-state index contributed by atoms with van der Waals surface area (Å²) in [5, 5.41) is 11.1. The van der Waals surface area contributed by atoms with Crippen molar-refractivity contribution < 1.29 is 9.90 Å². The van der Waals surface area contributed by atoms with Gasteiger partial charge in [-0.25, -0.2) is 0 Å². The Morgan fingerprint density at radius 3 is 2.86 bits per heavy atom. The summed E-state index contributed by atoms with van der Waals surface area (Å²) in [6, 6.07) is 5.08. The molecular formula is C10H14N2O2. The van der Waals surface area contributed by atoms with Crippen LogP contribution in [0.4, 0.5) is 5.69 Å². The van der Waals surface area contributed by atoms with Gasteiger partial charge in [-0.05, 0) is 30.7 Å². The normalized spacial score (nSPS) is 9.86. The van der Waals surface area contributed by atoms with E-state index in [0.29, 0.717) is 11.3 Å². The van der Waals surface area contributed by atoms with Gasteiger partial charge < -0.3 is 16.2 Å². The summed E-state index contributed by atoms with van der Waals surface area (Å²) in [7, 11) is 0. The molecule has 0 atom stereocenters. The van der Waals surface area contributed by atoms with Gasteiger partial charge in [0.05, 0.1) is 6.61 Å². The van der Waals surface area contributed by atoms with E-state index in [4.69, 9.17) is 10.8 Å². The van der Waals surface area contributed by atoms with Crippen molar-refractivity contribution in [2.24, 2.45) is 0 Å². The molecule has 1 amide bonds. The van der Waals surface area contributed by atoms with Crippen molar-refractivity contribution in [2.75, 3.05) is 18.9 Å². The fraction of sp³-hybridized carbons (Fsp3) is 0.300. The standard InChI is InChI=1S/C10H14N2O2/c1-7-6-8(2-3-9(7)11)10(14)12-4-5-13/h2-3,6,13H,4-5,11H2,1H3,(H,12,14). The van der Waals surface area contributed by atoms with Crippen LogP contribution in [0.1, 0.15) is 15.9 Å². The minimum atomic E-state index is -0.192. The fourth-order valence-electron chi connectivity index (χ4n) is 1.09. The number of nitrogens with two attached hydrogens (primary N) is 1. The number of anilines is 1. The van der Waals surface area contributed by atoms with E-state index >= 15 is 0 Å². The molecule has 1 rings (SSSR count). The van der Waals surface area contributed by atoms with Crippen LogP contribution in [0.15, 0.2) is 18.2 Å². The van der Waals surface area contributed by atoms with Crippen molar-refractivity contribution in [1.29, 1.82) is 0 Å². The van der Waals surface area contributed by atoms with E-state index < -0.39 is 0 Å². The van der Waals surface area contributed by atoms with Gasteiger partial charge in [-0.3, -0.25) is 4.79 Å². The number of carbonyl (C=O) groups is 1. The van der Waals surface area contributed by atoms with Gasteiger partial charge in [-0.1, -0.05) is 0 Å². The van der Waals surface area contributed by atoms with Gasteiger partial charge in [0.15, 0.2) is 0 Å². The van der Waals surface area contributed by atoms with E-state index in [-0.39, 0.29) is 19.1 Å². The van der Waals surface area contributed by atoms with Gasteiger partial charge in [0.1, 0.15) is 0 Å². The van der Waals surface area contributed by atoms with Crippen LogP contribution in [0.2, 0.25) is 0 Å². The van der Waals surface area contributed by atoms with E-state index in [1.54, 1.807) is 18.2 Å². The SMILES string of the molecule is Cc1cc(C(=O)NCCO)ccc1N. The molecule has 0 aliphatic rings. The number of benzene rings is 1. The minimum Gasteiger partial charge on any atom is -0.399 e. The maximum absolute atomic E-state index is 11.4. The summed E-state index contributed by atoms with van der Waals surface area (Å²) < 4.78 is 0. The van der Waals surface area contributed by atoms with Crippen LogP contribution < -0.4 is 11.1 Å². The van der Waals surface area contributed by atoms with Crippen molar-refractivity contribution in [3.8, 4) is 0 Å². The molecule has 0 saturated carbocycles. The van der Waals surface area contributed by atoms with Gasteiger partial charge in [0.2, 0.25) is 0 Å². The number of aliphatic hydroxyl groups is 1. The first-order valence-electron chi connectivity index (χ1n) is 4.40. The smallest absolute Gasteiger partial charge is 0.251 e. The quantitative estimate of drug-likeness (QED) is 0.606. The molecule has 0 aliphatic carbocycles. The van der Waals surface area contributed by atoms with Crippen molar-refractivity contribution in [3.63, 3.8) is 0 Å². The third-order valence-corrected chi connectivity index (χ3v) is 1.93. The Bertz CT molecular complexity index is 337. The molecular weight excluding hydrogens is 180 g/mol. The van der Waals surface area contributed by atoms with Gasteiger partial charge in [0.25, 0.3) is 5.91 Å². The number of aliphatic hydroxyl groups excluding tert-OH is 1. The number of hydrogen-bond acceptors (Lipinski definition) is 3. The number of rotatable bonds is 3. The average molecular weight is 194 g/mol. The molecule has 0 aliphatic heterocycles. The fourth-order valence-corrected chi connectivity index (χ4v) is 1.09. The summed E-state index contributed by atoms with van der Waals surface area (Å²) in [5.74, 6) is -0.192. The Hall–Kier alpha value is -1.55. The van der Waals surface area contributed by atoms with Crippen molar-refractivity contribution in [2.45, 2.75) is 6.92 Å². The second kappa shape index (κ2) is 4.62. The summed E-state index contributed by atoms with van der Waals surface area (Å²) in [6.07, 6.45) is 0. The van der Waals surface area contributed by atoms with Crippen molar-refractivity contribution in [3.05, 3.63) is 29.3 Å².